The fourth-order valence-electron chi connectivity index (χ4n) is 3.45. The molecule has 1 rings (SSSR count). The smallest absolute Gasteiger partial charge is 0.309 e. The molecular formula is C20H38O2. The topological polar surface area (TPSA) is 26.3 Å². The summed E-state index contributed by atoms with van der Waals surface area (Å²) in [5.41, 5.74) is 0. The summed E-state index contributed by atoms with van der Waals surface area (Å²) in [5, 5.41) is 0. The van der Waals surface area contributed by atoms with E-state index in [1.165, 1.54) is 70.6 Å². The molecule has 1 saturated carbocycles. The lowest BCUT2D eigenvalue weighted by atomic mass is 9.89. The maximum absolute atomic E-state index is 12.2. The highest BCUT2D eigenvalue weighted by molar-refractivity contribution is 5.72. The van der Waals surface area contributed by atoms with Gasteiger partial charge in [-0.05, 0) is 32.1 Å². The monoisotopic (exact) mass is 310 g/mol. The Morgan fingerprint density at radius 1 is 0.909 bits per heavy atom. The average Bonchev–Trinajstić information content (AvgIpc) is 2.56. The Labute approximate surface area is 138 Å². The van der Waals surface area contributed by atoms with Gasteiger partial charge < -0.3 is 4.74 Å². The van der Waals surface area contributed by atoms with Crippen molar-refractivity contribution in [3.63, 3.8) is 0 Å². The zero-order chi connectivity index (χ0) is 16.0. The van der Waals surface area contributed by atoms with Gasteiger partial charge in [-0.3, -0.25) is 4.79 Å². The first kappa shape index (κ1) is 19.5. The lowest BCUT2D eigenvalue weighted by Crippen LogP contribution is -2.25. The van der Waals surface area contributed by atoms with Crippen LogP contribution in [0.15, 0.2) is 0 Å². The van der Waals surface area contributed by atoms with Gasteiger partial charge in [0.05, 0.1) is 5.92 Å². The quantitative estimate of drug-likeness (QED) is 0.307. The van der Waals surface area contributed by atoms with Gasteiger partial charge in [0, 0.05) is 0 Å². The number of ether oxygens (including phenoxy) is 1. The molecule has 0 bridgehead atoms. The molecule has 2 heteroatoms. The number of hydrogen-bond donors (Lipinski definition) is 0. The van der Waals surface area contributed by atoms with Gasteiger partial charge in [-0.2, -0.15) is 0 Å². The second kappa shape index (κ2) is 13.0. The fourth-order valence-corrected chi connectivity index (χ4v) is 3.45. The maximum Gasteiger partial charge on any atom is 0.309 e. The number of hydrogen-bond acceptors (Lipinski definition) is 2. The van der Waals surface area contributed by atoms with Crippen LogP contribution in [0.1, 0.15) is 110 Å². The van der Waals surface area contributed by atoms with Crippen molar-refractivity contribution in [3.8, 4) is 0 Å². The summed E-state index contributed by atoms with van der Waals surface area (Å²) >= 11 is 0. The van der Waals surface area contributed by atoms with Crippen LogP contribution in [0.5, 0.6) is 0 Å². The third-order valence-corrected chi connectivity index (χ3v) is 5.06. The van der Waals surface area contributed by atoms with Crippen LogP contribution in [0.3, 0.4) is 0 Å². The van der Waals surface area contributed by atoms with Crippen molar-refractivity contribution in [2.45, 2.75) is 116 Å². The first-order valence-corrected chi connectivity index (χ1v) is 9.98. The van der Waals surface area contributed by atoms with Gasteiger partial charge in [0.15, 0.2) is 0 Å². The van der Waals surface area contributed by atoms with Crippen LogP contribution in [-0.2, 0) is 9.53 Å². The van der Waals surface area contributed by atoms with Crippen LogP contribution in [-0.4, -0.2) is 12.1 Å². The minimum absolute atomic E-state index is 0.0890. The molecule has 0 spiro atoms. The molecule has 0 saturated heterocycles. The standard InChI is InChI=1S/C20H38O2/c1-3-5-6-7-8-9-10-14-17-19(4-2)22-20(21)18-15-12-11-13-16-18/h18-19H,3-17H2,1-2H3. The van der Waals surface area contributed by atoms with E-state index < -0.39 is 0 Å². The second-order valence-corrected chi connectivity index (χ2v) is 7.07. The van der Waals surface area contributed by atoms with Crippen molar-refractivity contribution in [3.05, 3.63) is 0 Å². The molecule has 0 aliphatic heterocycles. The highest BCUT2D eigenvalue weighted by Gasteiger charge is 2.24. The van der Waals surface area contributed by atoms with E-state index in [0.717, 1.165) is 25.7 Å². The molecule has 1 aliphatic rings. The molecule has 0 radical (unpaired) electrons. The lowest BCUT2D eigenvalue weighted by molar-refractivity contribution is -0.155. The molecule has 0 aromatic rings. The van der Waals surface area contributed by atoms with Crippen LogP contribution in [0, 0.1) is 5.92 Å². The SMILES string of the molecule is CCCCCCCCCCC(CC)OC(=O)C1CCCCC1. The molecule has 130 valence electrons. The zero-order valence-electron chi connectivity index (χ0n) is 15.1. The molecule has 0 aromatic heterocycles. The minimum atomic E-state index is 0.0890. The first-order valence-electron chi connectivity index (χ1n) is 9.98. The maximum atomic E-state index is 12.2. The third kappa shape index (κ3) is 8.80. The molecule has 0 amide bonds. The summed E-state index contributed by atoms with van der Waals surface area (Å²) in [5.74, 6) is 0.285. The molecule has 0 aromatic carbocycles. The van der Waals surface area contributed by atoms with Crippen molar-refractivity contribution in [1.82, 2.24) is 0 Å². The number of unbranched alkanes of at least 4 members (excludes halogenated alkanes) is 7. The fraction of sp³-hybridized carbons (Fsp3) is 0.950. The Morgan fingerprint density at radius 2 is 1.50 bits per heavy atom. The summed E-state index contributed by atoms with van der Waals surface area (Å²) in [6.45, 7) is 4.41. The summed E-state index contributed by atoms with van der Waals surface area (Å²) in [6.07, 6.45) is 18.7. The Morgan fingerprint density at radius 3 is 2.09 bits per heavy atom. The largest absolute Gasteiger partial charge is 0.462 e. The summed E-state index contributed by atoms with van der Waals surface area (Å²) in [4.78, 5) is 12.2. The van der Waals surface area contributed by atoms with Gasteiger partial charge in [-0.15, -0.1) is 0 Å². The Hall–Kier alpha value is -0.530. The van der Waals surface area contributed by atoms with Crippen LogP contribution < -0.4 is 0 Å². The molecule has 0 N–H and O–H groups in total. The third-order valence-electron chi connectivity index (χ3n) is 5.06. The van der Waals surface area contributed by atoms with Crippen molar-refractivity contribution < 1.29 is 9.53 Å². The van der Waals surface area contributed by atoms with Crippen LogP contribution in [0.2, 0.25) is 0 Å². The average molecular weight is 311 g/mol. The molecular weight excluding hydrogens is 272 g/mol. The van der Waals surface area contributed by atoms with Gasteiger partial charge in [0.2, 0.25) is 0 Å². The van der Waals surface area contributed by atoms with E-state index in [1.807, 2.05) is 0 Å². The van der Waals surface area contributed by atoms with E-state index in [2.05, 4.69) is 13.8 Å². The van der Waals surface area contributed by atoms with Crippen molar-refractivity contribution in [2.24, 2.45) is 5.92 Å². The molecule has 1 atom stereocenters. The van der Waals surface area contributed by atoms with E-state index in [0.29, 0.717) is 0 Å². The van der Waals surface area contributed by atoms with Crippen molar-refractivity contribution in [1.29, 1.82) is 0 Å². The normalized spacial score (nSPS) is 17.4. The number of rotatable bonds is 12. The van der Waals surface area contributed by atoms with E-state index in [1.54, 1.807) is 0 Å². The highest BCUT2D eigenvalue weighted by atomic mass is 16.5. The van der Waals surface area contributed by atoms with Gasteiger partial charge in [0.25, 0.3) is 0 Å². The number of carbonyl (C=O) groups excluding carboxylic acids is 1. The van der Waals surface area contributed by atoms with Crippen molar-refractivity contribution in [2.75, 3.05) is 0 Å². The van der Waals surface area contributed by atoms with E-state index in [4.69, 9.17) is 4.74 Å². The second-order valence-electron chi connectivity index (χ2n) is 7.07. The Bertz CT molecular complexity index is 269. The lowest BCUT2D eigenvalue weighted by Gasteiger charge is -2.23. The number of carbonyl (C=O) groups is 1. The minimum Gasteiger partial charge on any atom is -0.462 e. The van der Waals surface area contributed by atoms with Gasteiger partial charge in [-0.1, -0.05) is 78.1 Å². The van der Waals surface area contributed by atoms with Gasteiger partial charge >= 0.3 is 5.97 Å². The van der Waals surface area contributed by atoms with Crippen LogP contribution in [0.25, 0.3) is 0 Å². The zero-order valence-corrected chi connectivity index (χ0v) is 15.1. The predicted octanol–water partition coefficient (Wildman–Crippen LogP) is 6.42. The summed E-state index contributed by atoms with van der Waals surface area (Å²) in [7, 11) is 0. The molecule has 1 unspecified atom stereocenters. The van der Waals surface area contributed by atoms with Crippen LogP contribution in [0.4, 0.5) is 0 Å². The molecule has 1 fully saturated rings. The molecule has 1 aliphatic carbocycles. The highest BCUT2D eigenvalue weighted by Crippen LogP contribution is 2.26. The summed E-state index contributed by atoms with van der Waals surface area (Å²) in [6, 6.07) is 0. The summed E-state index contributed by atoms with van der Waals surface area (Å²) < 4.78 is 5.76. The van der Waals surface area contributed by atoms with Gasteiger partial charge in [-0.25, -0.2) is 0 Å². The molecule has 0 heterocycles. The molecule has 2 nitrogen and oxygen atoms in total. The van der Waals surface area contributed by atoms with E-state index in [-0.39, 0.29) is 18.0 Å². The van der Waals surface area contributed by atoms with Crippen molar-refractivity contribution >= 4 is 5.97 Å². The van der Waals surface area contributed by atoms with Crippen LogP contribution >= 0.6 is 0 Å². The predicted molar refractivity (Wildman–Crippen MR) is 94.0 cm³/mol. The number of esters is 1. The Kier molecular flexibility index (Phi) is 11.5. The molecule has 22 heavy (non-hydrogen) atoms. The van der Waals surface area contributed by atoms with Gasteiger partial charge in [0.1, 0.15) is 6.10 Å². The van der Waals surface area contributed by atoms with E-state index >= 15 is 0 Å². The first-order chi connectivity index (χ1) is 10.8. The van der Waals surface area contributed by atoms with E-state index in [9.17, 15) is 4.79 Å². The Balaban J connectivity index is 2.05.